The molecule has 2 aliphatic rings. The van der Waals surface area contributed by atoms with Gasteiger partial charge < -0.3 is 61.2 Å². The predicted octanol–water partition coefficient (Wildman–Crippen LogP) is 2.86. The summed E-state index contributed by atoms with van der Waals surface area (Å²) in [5, 5.41) is 49.8. The van der Waals surface area contributed by atoms with E-state index in [4.69, 9.17) is 24.8 Å². The average Bonchev–Trinajstić information content (AvgIpc) is 3.32. The molecule has 2 fully saturated rings. The van der Waals surface area contributed by atoms with E-state index < -0.39 is 48.6 Å². The number of hydroxylamine groups is 2. The number of carbonyl (C=O) groups excluding carboxylic acids is 5. The maximum atomic E-state index is 13.5. The number of nitrogens with zero attached hydrogens (tertiary/aromatic N) is 3. The Morgan fingerprint density at radius 2 is 1.60 bits per heavy atom. The van der Waals surface area contributed by atoms with Crippen LogP contribution in [0.25, 0.3) is 0 Å². The molecule has 0 unspecified atom stereocenters. The van der Waals surface area contributed by atoms with E-state index in [9.17, 15) is 49.2 Å². The molecule has 21 nitrogen and oxygen atoms in total. The van der Waals surface area contributed by atoms with Gasteiger partial charge in [-0.05, 0) is 73.2 Å². The van der Waals surface area contributed by atoms with Crippen LogP contribution < -0.4 is 26.4 Å². The third-order valence-corrected chi connectivity index (χ3v) is 11.4. The number of hydrogen-bond acceptors (Lipinski definition) is 15. The number of anilines is 2. The summed E-state index contributed by atoms with van der Waals surface area (Å²) >= 11 is 0. The fourth-order valence-corrected chi connectivity index (χ4v) is 7.65. The Kier molecular flexibility index (Phi) is 20.9. The van der Waals surface area contributed by atoms with Crippen LogP contribution >= 0.6 is 0 Å². The first-order valence-electron chi connectivity index (χ1n) is 22.9. The standard InChI is InChI=1S/C47H63N7O14/c1-53(24-25-66-54(34-12-5-4-6-13-34)38(56)14-7-2-3-8-21-50-47(64)51-33-18-22-49-23-19-33)44(61)32-11-9-10-30(26-32)28-39(57)65-29-31-15-16-36(35(27-31)52-37(55)17-20-48)67-46-42(60)40(58)41(59)43(68-46)45(62)63/h9-11,15-16,18-19,22-23,26-27,34,40-43,46,58-60H,2-8,12-14,17,20-21,24-25,28-29,48H2,1H3,(H,52,55)(H,62,63)(H2,49,50,51,64)/t40-,41-,42+,43-,46+/m0/s1. The van der Waals surface area contributed by atoms with Crippen LogP contribution in [0.2, 0.25) is 0 Å². The molecule has 2 aromatic carbocycles. The van der Waals surface area contributed by atoms with Gasteiger partial charge in [0.05, 0.1) is 24.8 Å². The first-order valence-corrected chi connectivity index (χ1v) is 22.9. The van der Waals surface area contributed by atoms with Gasteiger partial charge in [0.25, 0.3) is 5.91 Å². The Balaban J connectivity index is 1.08. The minimum atomic E-state index is -1.93. The molecular formula is C47H63N7O14. The van der Waals surface area contributed by atoms with Crippen molar-refractivity contribution in [2.75, 3.05) is 43.9 Å². The molecule has 1 saturated heterocycles. The average molecular weight is 950 g/mol. The van der Waals surface area contributed by atoms with E-state index in [1.54, 1.807) is 55.8 Å². The summed E-state index contributed by atoms with van der Waals surface area (Å²) in [4.78, 5) is 87.6. The van der Waals surface area contributed by atoms with Crippen molar-refractivity contribution in [3.8, 4) is 5.75 Å². The lowest BCUT2D eigenvalue weighted by Crippen LogP contribution is -2.61. The maximum absolute atomic E-state index is 13.5. The number of nitrogens with one attached hydrogen (secondary N) is 3. The summed E-state index contributed by atoms with van der Waals surface area (Å²) in [6, 6.07) is 13.9. The van der Waals surface area contributed by atoms with Crippen molar-refractivity contribution in [3.63, 3.8) is 0 Å². The summed E-state index contributed by atoms with van der Waals surface area (Å²) in [5.74, 6) is -3.23. The van der Waals surface area contributed by atoms with E-state index in [2.05, 4.69) is 20.9 Å². The van der Waals surface area contributed by atoms with E-state index in [-0.39, 0.29) is 74.5 Å². The lowest BCUT2D eigenvalue weighted by molar-refractivity contribution is -0.271. The number of aromatic nitrogens is 1. The highest BCUT2D eigenvalue weighted by Crippen LogP contribution is 2.31. The van der Waals surface area contributed by atoms with E-state index in [0.29, 0.717) is 41.8 Å². The second-order valence-corrected chi connectivity index (χ2v) is 16.7. The van der Waals surface area contributed by atoms with Crippen LogP contribution in [0.1, 0.15) is 92.1 Å². The van der Waals surface area contributed by atoms with Crippen LogP contribution in [-0.2, 0) is 46.5 Å². The number of benzene rings is 2. The molecule has 1 aromatic heterocycles. The van der Waals surface area contributed by atoms with Crippen molar-refractivity contribution in [2.24, 2.45) is 5.73 Å². The Hall–Kier alpha value is -6.23. The number of rotatable bonds is 24. The number of carbonyl (C=O) groups is 6. The highest BCUT2D eigenvalue weighted by Gasteiger charge is 2.48. The number of aliphatic hydroxyl groups excluding tert-OH is 3. The normalized spacial score (nSPS) is 19.3. The molecule has 5 atom stereocenters. The predicted molar refractivity (Wildman–Crippen MR) is 245 cm³/mol. The molecule has 5 rings (SSSR count). The van der Waals surface area contributed by atoms with Crippen molar-refractivity contribution < 1.29 is 68.2 Å². The zero-order chi connectivity index (χ0) is 49.0. The lowest BCUT2D eigenvalue weighted by Gasteiger charge is -2.38. The number of carboxylic acids is 1. The molecule has 0 bridgehead atoms. The second-order valence-electron chi connectivity index (χ2n) is 16.7. The Labute approximate surface area is 394 Å². The molecule has 9 N–H and O–H groups in total. The number of unbranched alkanes of at least 4 members (excludes halogenated alkanes) is 3. The van der Waals surface area contributed by atoms with Crippen molar-refractivity contribution >= 4 is 47.1 Å². The fraction of sp³-hybridized carbons (Fsp3) is 0.511. The van der Waals surface area contributed by atoms with Gasteiger partial charge in [0, 0.05) is 63.2 Å². The molecule has 0 radical (unpaired) electrons. The van der Waals surface area contributed by atoms with Gasteiger partial charge in [0.2, 0.25) is 18.1 Å². The SMILES string of the molecule is CN(CCON(C(=O)CCCCCCNC(=O)Nc1ccncc1)C1CCCCC1)C(=O)c1cccc(CC(=O)OCc2ccc(O[C@@H]3O[C@H](C(=O)O)[C@@H](O)[C@H](O)[C@H]3O)c(NC(=O)CCN)c2)c1. The minimum absolute atomic E-state index is 0.0226. The molecule has 21 heteroatoms. The summed E-state index contributed by atoms with van der Waals surface area (Å²) in [5.41, 5.74) is 7.46. The van der Waals surface area contributed by atoms with Crippen LogP contribution in [0.5, 0.6) is 5.75 Å². The Morgan fingerprint density at radius 3 is 2.34 bits per heavy atom. The Bertz CT molecular complexity index is 2140. The molecule has 370 valence electrons. The number of carboxylic acid groups (broad SMARTS) is 1. The zero-order valence-corrected chi connectivity index (χ0v) is 38.1. The molecule has 5 amide bonds. The summed E-state index contributed by atoms with van der Waals surface area (Å²) in [7, 11) is 1.63. The molecule has 0 spiro atoms. The first-order chi connectivity index (χ1) is 32.7. The molecule has 1 saturated carbocycles. The number of urea groups is 1. The molecule has 2 heterocycles. The largest absolute Gasteiger partial charge is 0.479 e. The van der Waals surface area contributed by atoms with Crippen molar-refractivity contribution in [1.82, 2.24) is 20.3 Å². The van der Waals surface area contributed by atoms with E-state index >= 15 is 0 Å². The molecule has 1 aliphatic carbocycles. The van der Waals surface area contributed by atoms with Gasteiger partial charge >= 0.3 is 18.0 Å². The fourth-order valence-electron chi connectivity index (χ4n) is 7.65. The number of aliphatic carboxylic acids is 1. The van der Waals surface area contributed by atoms with Crippen LogP contribution in [0.15, 0.2) is 67.0 Å². The topological polar surface area (TPSA) is 302 Å². The summed E-state index contributed by atoms with van der Waals surface area (Å²) in [6.07, 6.45) is 1.83. The van der Waals surface area contributed by atoms with Crippen LogP contribution in [-0.4, -0.2) is 141 Å². The van der Waals surface area contributed by atoms with E-state index in [0.717, 1.165) is 51.4 Å². The van der Waals surface area contributed by atoms with Gasteiger partial charge in [0.15, 0.2) is 6.10 Å². The van der Waals surface area contributed by atoms with Crippen LogP contribution in [0, 0.1) is 0 Å². The number of hydrogen-bond donors (Lipinski definition) is 8. The first kappa shape index (κ1) is 52.7. The van der Waals surface area contributed by atoms with Gasteiger partial charge in [-0.2, -0.15) is 0 Å². The molecule has 1 aliphatic heterocycles. The summed E-state index contributed by atoms with van der Waals surface area (Å²) in [6.45, 7) is 0.586. The van der Waals surface area contributed by atoms with Gasteiger partial charge in [-0.25, -0.2) is 14.7 Å². The van der Waals surface area contributed by atoms with Crippen molar-refractivity contribution in [3.05, 3.63) is 83.7 Å². The quantitative estimate of drug-likeness (QED) is 0.0364. The number of ether oxygens (including phenoxy) is 3. The number of aliphatic hydroxyl groups is 3. The van der Waals surface area contributed by atoms with Crippen molar-refractivity contribution in [2.45, 2.75) is 120 Å². The van der Waals surface area contributed by atoms with Gasteiger partial charge in [0.1, 0.15) is 30.7 Å². The molecule has 3 aromatic rings. The smallest absolute Gasteiger partial charge is 0.335 e. The minimum Gasteiger partial charge on any atom is -0.479 e. The van der Waals surface area contributed by atoms with Crippen molar-refractivity contribution in [1.29, 1.82) is 0 Å². The monoisotopic (exact) mass is 949 g/mol. The summed E-state index contributed by atoms with van der Waals surface area (Å²) < 4.78 is 16.4. The van der Waals surface area contributed by atoms with E-state index in [1.807, 2.05) is 0 Å². The van der Waals surface area contributed by atoms with Gasteiger partial charge in [-0.15, -0.1) is 0 Å². The van der Waals surface area contributed by atoms with Gasteiger partial charge in [-0.3, -0.25) is 29.0 Å². The Morgan fingerprint density at radius 1 is 0.853 bits per heavy atom. The number of amides is 5. The maximum Gasteiger partial charge on any atom is 0.335 e. The van der Waals surface area contributed by atoms with Gasteiger partial charge in [-0.1, -0.05) is 50.3 Å². The third kappa shape index (κ3) is 16.2. The molecule has 68 heavy (non-hydrogen) atoms. The number of likely N-dealkylation sites (N-methyl/N-ethyl adjacent to an activating group) is 1. The van der Waals surface area contributed by atoms with Crippen LogP contribution in [0.4, 0.5) is 16.2 Å². The van der Waals surface area contributed by atoms with E-state index in [1.165, 1.54) is 28.2 Å². The number of pyridine rings is 1. The van der Waals surface area contributed by atoms with Crippen LogP contribution in [0.3, 0.4) is 0 Å². The zero-order valence-electron chi connectivity index (χ0n) is 38.1. The number of esters is 1. The third-order valence-electron chi connectivity index (χ3n) is 11.4. The second kappa shape index (κ2) is 26.9. The number of nitrogens with two attached hydrogens (primary N) is 1. The molecular weight excluding hydrogens is 887 g/mol. The highest BCUT2D eigenvalue weighted by molar-refractivity contribution is 5.94. The highest BCUT2D eigenvalue weighted by atomic mass is 16.7. The lowest BCUT2D eigenvalue weighted by atomic mass is 9.95.